The van der Waals surface area contributed by atoms with E-state index in [1.165, 1.54) is 0 Å². The number of halogens is 2. The number of nitrogens with one attached hydrogen (secondary N) is 1. The first kappa shape index (κ1) is 13.2. The van der Waals surface area contributed by atoms with Crippen molar-refractivity contribution in [1.82, 2.24) is 5.32 Å². The van der Waals surface area contributed by atoms with E-state index in [1.54, 1.807) is 12.1 Å². The molecule has 1 aliphatic rings. The minimum atomic E-state index is -0.589. The topological polar surface area (TPSA) is 52.9 Å². The summed E-state index contributed by atoms with van der Waals surface area (Å²) >= 11 is 11.7. The van der Waals surface area contributed by atoms with E-state index < -0.39 is 5.54 Å². The number of rotatable bonds is 4. The molecule has 94 valence electrons. The predicted molar refractivity (Wildman–Crippen MR) is 70.5 cm³/mol. The lowest BCUT2D eigenvalue weighted by Gasteiger charge is -2.09. The van der Waals surface area contributed by atoms with Gasteiger partial charge in [-0.2, -0.15) is 5.26 Å². The van der Waals surface area contributed by atoms with Crippen LogP contribution in [0.5, 0.6) is 0 Å². The van der Waals surface area contributed by atoms with Gasteiger partial charge < -0.3 is 5.32 Å². The zero-order chi connectivity index (χ0) is 13.2. The molecule has 5 heteroatoms. The maximum Gasteiger partial charge on any atom is 0.221 e. The number of aryl methyl sites for hydroxylation is 1. The van der Waals surface area contributed by atoms with Gasteiger partial charge >= 0.3 is 0 Å². The summed E-state index contributed by atoms with van der Waals surface area (Å²) in [6.45, 7) is 0. The number of nitrogens with zero attached hydrogens (tertiary/aromatic N) is 1. The van der Waals surface area contributed by atoms with Crippen LogP contribution in [0, 0.1) is 11.3 Å². The van der Waals surface area contributed by atoms with Gasteiger partial charge in [0.1, 0.15) is 5.54 Å². The molecular weight excluding hydrogens is 271 g/mol. The fourth-order valence-electron chi connectivity index (χ4n) is 1.67. The van der Waals surface area contributed by atoms with Gasteiger partial charge in [0.15, 0.2) is 0 Å². The van der Waals surface area contributed by atoms with Crippen LogP contribution in [0.15, 0.2) is 18.2 Å². The van der Waals surface area contributed by atoms with Crippen molar-refractivity contribution in [1.29, 1.82) is 5.26 Å². The van der Waals surface area contributed by atoms with E-state index in [1.807, 2.05) is 6.07 Å². The molecule has 1 saturated carbocycles. The minimum absolute atomic E-state index is 0.0971. The largest absolute Gasteiger partial charge is 0.338 e. The first-order valence-corrected chi connectivity index (χ1v) is 6.46. The Bertz CT molecular complexity index is 518. The van der Waals surface area contributed by atoms with Crippen LogP contribution >= 0.6 is 23.2 Å². The number of amides is 1. The maximum atomic E-state index is 11.7. The molecule has 0 aromatic heterocycles. The first-order valence-electron chi connectivity index (χ1n) is 5.71. The lowest BCUT2D eigenvalue weighted by atomic mass is 10.1. The van der Waals surface area contributed by atoms with Crippen LogP contribution in [0.4, 0.5) is 0 Å². The normalized spacial score (nSPS) is 15.8. The van der Waals surface area contributed by atoms with Crippen LogP contribution in [0.1, 0.15) is 24.8 Å². The first-order chi connectivity index (χ1) is 8.54. The Balaban J connectivity index is 1.86. The van der Waals surface area contributed by atoms with E-state index in [0.717, 1.165) is 18.4 Å². The zero-order valence-corrected chi connectivity index (χ0v) is 11.2. The fourth-order valence-corrected chi connectivity index (χ4v) is 1.99. The highest BCUT2D eigenvalue weighted by molar-refractivity contribution is 6.42. The lowest BCUT2D eigenvalue weighted by Crippen LogP contribution is -2.35. The van der Waals surface area contributed by atoms with Gasteiger partial charge in [0.05, 0.1) is 16.1 Å². The molecule has 0 spiro atoms. The van der Waals surface area contributed by atoms with Crippen molar-refractivity contribution in [2.24, 2.45) is 0 Å². The molecule has 0 aliphatic heterocycles. The average molecular weight is 283 g/mol. The molecule has 0 atom stereocenters. The second-order valence-corrected chi connectivity index (χ2v) is 5.30. The predicted octanol–water partition coefficient (Wildman–Crippen LogP) is 3.10. The molecule has 1 fully saturated rings. The number of carbonyl (C=O) groups is 1. The highest BCUT2D eigenvalue weighted by Crippen LogP contribution is 2.34. The van der Waals surface area contributed by atoms with Crippen LogP contribution in [0.3, 0.4) is 0 Å². The highest BCUT2D eigenvalue weighted by Gasteiger charge is 2.44. The van der Waals surface area contributed by atoms with Crippen molar-refractivity contribution >= 4 is 29.1 Å². The van der Waals surface area contributed by atoms with Gasteiger partial charge in [-0.05, 0) is 37.0 Å². The summed E-state index contributed by atoms with van der Waals surface area (Å²) in [5.41, 5.74) is 0.371. The summed E-state index contributed by atoms with van der Waals surface area (Å²) in [7, 11) is 0. The summed E-state index contributed by atoms with van der Waals surface area (Å²) in [6, 6.07) is 7.45. The van der Waals surface area contributed by atoms with Crippen molar-refractivity contribution in [3.63, 3.8) is 0 Å². The monoisotopic (exact) mass is 282 g/mol. The molecule has 1 aromatic rings. The minimum Gasteiger partial charge on any atom is -0.338 e. The molecule has 1 aromatic carbocycles. The van der Waals surface area contributed by atoms with Gasteiger partial charge in [-0.25, -0.2) is 0 Å². The zero-order valence-electron chi connectivity index (χ0n) is 9.67. The van der Waals surface area contributed by atoms with Crippen LogP contribution in [0.25, 0.3) is 0 Å². The molecule has 0 saturated heterocycles. The average Bonchev–Trinajstić information content (AvgIpc) is 3.11. The van der Waals surface area contributed by atoms with E-state index in [2.05, 4.69) is 11.4 Å². The standard InChI is InChI=1S/C13H12Cl2N2O/c14-10-3-1-9(7-11(10)15)2-4-12(18)17-13(8-16)5-6-13/h1,3,7H,2,4-6H2,(H,17,18). The third-order valence-corrected chi connectivity index (χ3v) is 3.71. The molecule has 0 heterocycles. The Morgan fingerprint density at radius 2 is 2.11 bits per heavy atom. The maximum absolute atomic E-state index is 11.7. The fraction of sp³-hybridized carbons (Fsp3) is 0.385. The van der Waals surface area contributed by atoms with Gasteiger partial charge in [0.2, 0.25) is 5.91 Å². The Hall–Kier alpha value is -1.24. The second kappa shape index (κ2) is 5.17. The van der Waals surface area contributed by atoms with E-state index in [-0.39, 0.29) is 5.91 Å². The van der Waals surface area contributed by atoms with Crippen LogP contribution < -0.4 is 5.32 Å². The third-order valence-electron chi connectivity index (χ3n) is 2.97. The van der Waals surface area contributed by atoms with E-state index in [4.69, 9.17) is 28.5 Å². The quantitative estimate of drug-likeness (QED) is 0.923. The Morgan fingerprint density at radius 3 is 2.67 bits per heavy atom. The smallest absolute Gasteiger partial charge is 0.221 e. The van der Waals surface area contributed by atoms with E-state index in [0.29, 0.717) is 22.9 Å². The van der Waals surface area contributed by atoms with Gasteiger partial charge in [-0.15, -0.1) is 0 Å². The molecule has 1 N–H and O–H groups in total. The molecule has 1 aliphatic carbocycles. The Morgan fingerprint density at radius 1 is 1.39 bits per heavy atom. The van der Waals surface area contributed by atoms with Gasteiger partial charge in [0, 0.05) is 6.42 Å². The van der Waals surface area contributed by atoms with Crippen molar-refractivity contribution in [2.45, 2.75) is 31.2 Å². The summed E-state index contributed by atoms with van der Waals surface area (Å²) in [5, 5.41) is 12.6. The van der Waals surface area contributed by atoms with Crippen molar-refractivity contribution in [3.05, 3.63) is 33.8 Å². The highest BCUT2D eigenvalue weighted by atomic mass is 35.5. The molecule has 0 unspecified atom stereocenters. The number of nitriles is 1. The summed E-state index contributed by atoms with van der Waals surface area (Å²) in [4.78, 5) is 11.7. The van der Waals surface area contributed by atoms with Crippen LogP contribution in [-0.4, -0.2) is 11.4 Å². The molecule has 18 heavy (non-hydrogen) atoms. The summed E-state index contributed by atoms with van der Waals surface area (Å²) in [6.07, 6.45) is 2.44. The number of hydrogen-bond acceptors (Lipinski definition) is 2. The number of hydrogen-bond donors (Lipinski definition) is 1. The number of benzene rings is 1. The van der Waals surface area contributed by atoms with Gasteiger partial charge in [0.25, 0.3) is 0 Å². The van der Waals surface area contributed by atoms with Crippen LogP contribution in [0.2, 0.25) is 10.0 Å². The van der Waals surface area contributed by atoms with Crippen molar-refractivity contribution in [2.75, 3.05) is 0 Å². The Kier molecular flexibility index (Phi) is 3.79. The molecule has 2 rings (SSSR count). The van der Waals surface area contributed by atoms with Gasteiger partial charge in [-0.3, -0.25) is 4.79 Å². The second-order valence-electron chi connectivity index (χ2n) is 4.49. The molecular formula is C13H12Cl2N2O. The summed E-state index contributed by atoms with van der Waals surface area (Å²) < 4.78 is 0. The third kappa shape index (κ3) is 3.16. The SMILES string of the molecule is N#CC1(NC(=O)CCc2ccc(Cl)c(Cl)c2)CC1. The van der Waals surface area contributed by atoms with Crippen LogP contribution in [-0.2, 0) is 11.2 Å². The molecule has 0 radical (unpaired) electrons. The van der Waals surface area contributed by atoms with E-state index in [9.17, 15) is 4.79 Å². The van der Waals surface area contributed by atoms with Crippen molar-refractivity contribution in [3.8, 4) is 6.07 Å². The Labute approximate surface area is 116 Å². The van der Waals surface area contributed by atoms with Gasteiger partial charge in [-0.1, -0.05) is 29.3 Å². The van der Waals surface area contributed by atoms with Crippen molar-refractivity contribution < 1.29 is 4.79 Å². The molecule has 1 amide bonds. The molecule has 0 bridgehead atoms. The summed E-state index contributed by atoms with van der Waals surface area (Å²) in [5.74, 6) is -0.0971. The number of carbonyl (C=O) groups excluding carboxylic acids is 1. The lowest BCUT2D eigenvalue weighted by molar-refractivity contribution is -0.121. The van der Waals surface area contributed by atoms with E-state index >= 15 is 0 Å². The molecule has 3 nitrogen and oxygen atoms in total.